The molecule has 0 aliphatic rings. The summed E-state index contributed by atoms with van der Waals surface area (Å²) in [5.41, 5.74) is 1.46. The first-order valence-electron chi connectivity index (χ1n) is 6.13. The molecule has 0 spiro atoms. The lowest BCUT2D eigenvalue weighted by Gasteiger charge is -2.08. The Morgan fingerprint density at radius 1 is 1.05 bits per heavy atom. The number of rotatable bonds is 5. The first kappa shape index (κ1) is 14.4. The van der Waals surface area contributed by atoms with Crippen LogP contribution in [0.4, 0.5) is 0 Å². The minimum atomic E-state index is -0.0105. The minimum Gasteiger partial charge on any atom is -0.497 e. The molecule has 0 radical (unpaired) electrons. The quantitative estimate of drug-likeness (QED) is 0.786. The van der Waals surface area contributed by atoms with Crippen LogP contribution in [-0.4, -0.2) is 20.0 Å². The van der Waals surface area contributed by atoms with Gasteiger partial charge in [0.25, 0.3) is 0 Å². The maximum absolute atomic E-state index is 12.3. The lowest BCUT2D eigenvalue weighted by atomic mass is 10.0. The maximum Gasteiger partial charge on any atom is 0.170 e. The predicted molar refractivity (Wildman–Crippen MR) is 79.0 cm³/mol. The number of benzene rings is 2. The van der Waals surface area contributed by atoms with Crippen molar-refractivity contribution in [3.05, 3.63) is 58.6 Å². The number of ether oxygens (including phenoxy) is 2. The molecular weight excluding hydrogens is 276 g/mol. The molecule has 2 aromatic rings. The number of halogens is 1. The molecule has 0 saturated heterocycles. The number of hydrogen-bond acceptors (Lipinski definition) is 3. The Kier molecular flexibility index (Phi) is 4.64. The summed E-state index contributed by atoms with van der Waals surface area (Å²) in [6.45, 7) is 0. The highest BCUT2D eigenvalue weighted by Gasteiger charge is 2.13. The summed E-state index contributed by atoms with van der Waals surface area (Å²) in [4.78, 5) is 12.3. The van der Waals surface area contributed by atoms with Crippen molar-refractivity contribution in [2.45, 2.75) is 6.42 Å². The van der Waals surface area contributed by atoms with Crippen LogP contribution in [0.1, 0.15) is 15.9 Å². The molecule has 0 fully saturated rings. The molecule has 0 unspecified atom stereocenters. The molecule has 0 aliphatic heterocycles. The van der Waals surface area contributed by atoms with E-state index in [1.165, 1.54) is 7.11 Å². The van der Waals surface area contributed by atoms with Gasteiger partial charge in [0.2, 0.25) is 0 Å². The average molecular weight is 291 g/mol. The number of hydrogen-bond donors (Lipinski definition) is 0. The second-order valence-electron chi connectivity index (χ2n) is 4.29. The second-order valence-corrected chi connectivity index (χ2v) is 4.73. The van der Waals surface area contributed by atoms with Gasteiger partial charge in [0.05, 0.1) is 19.8 Å². The Morgan fingerprint density at radius 3 is 2.35 bits per heavy atom. The van der Waals surface area contributed by atoms with E-state index in [2.05, 4.69) is 0 Å². The van der Waals surface area contributed by atoms with E-state index in [9.17, 15) is 4.79 Å². The molecule has 104 valence electrons. The Morgan fingerprint density at radius 2 is 1.75 bits per heavy atom. The van der Waals surface area contributed by atoms with Crippen molar-refractivity contribution in [2.24, 2.45) is 0 Å². The van der Waals surface area contributed by atoms with Crippen molar-refractivity contribution in [1.82, 2.24) is 0 Å². The van der Waals surface area contributed by atoms with E-state index in [4.69, 9.17) is 21.1 Å². The van der Waals surface area contributed by atoms with E-state index in [0.717, 1.165) is 11.3 Å². The van der Waals surface area contributed by atoms with Crippen LogP contribution < -0.4 is 9.47 Å². The van der Waals surface area contributed by atoms with Crippen molar-refractivity contribution < 1.29 is 14.3 Å². The van der Waals surface area contributed by atoms with Crippen LogP contribution in [0, 0.1) is 0 Å². The normalized spacial score (nSPS) is 10.2. The van der Waals surface area contributed by atoms with Crippen molar-refractivity contribution in [2.75, 3.05) is 14.2 Å². The van der Waals surface area contributed by atoms with Crippen LogP contribution in [0.5, 0.6) is 11.5 Å². The maximum atomic E-state index is 12.3. The highest BCUT2D eigenvalue weighted by molar-refractivity contribution is 6.30. The van der Waals surface area contributed by atoms with Gasteiger partial charge in [-0.05, 0) is 35.9 Å². The lowest BCUT2D eigenvalue weighted by Crippen LogP contribution is -2.05. The molecule has 0 heterocycles. The molecule has 0 bridgehead atoms. The summed E-state index contributed by atoms with van der Waals surface area (Å²) in [6, 6.07) is 12.4. The van der Waals surface area contributed by atoms with E-state index < -0.39 is 0 Å². The van der Waals surface area contributed by atoms with Crippen LogP contribution in [-0.2, 0) is 6.42 Å². The molecular formula is C16H15ClO3. The van der Waals surface area contributed by atoms with Gasteiger partial charge in [-0.1, -0.05) is 23.7 Å². The van der Waals surface area contributed by atoms with Gasteiger partial charge in [-0.2, -0.15) is 0 Å². The fourth-order valence-corrected chi connectivity index (χ4v) is 2.08. The highest BCUT2D eigenvalue weighted by Crippen LogP contribution is 2.24. The lowest BCUT2D eigenvalue weighted by molar-refractivity contribution is 0.0990. The number of Topliss-reactive ketones (excluding diaryl/α,β-unsaturated/α-hetero) is 1. The first-order valence-corrected chi connectivity index (χ1v) is 6.51. The molecule has 0 saturated carbocycles. The summed E-state index contributed by atoms with van der Waals surface area (Å²) >= 11 is 5.89. The Balaban J connectivity index is 2.19. The molecule has 2 aromatic carbocycles. The van der Waals surface area contributed by atoms with Crippen LogP contribution in [0.25, 0.3) is 0 Å². The molecule has 2 rings (SSSR count). The zero-order valence-corrected chi connectivity index (χ0v) is 12.1. The molecule has 0 amide bonds. The Bertz CT molecular complexity index is 606. The van der Waals surface area contributed by atoms with Crippen LogP contribution in [0.3, 0.4) is 0 Å². The zero-order chi connectivity index (χ0) is 14.5. The van der Waals surface area contributed by atoms with Crippen LogP contribution in [0.15, 0.2) is 42.5 Å². The van der Waals surface area contributed by atoms with Gasteiger partial charge in [-0.15, -0.1) is 0 Å². The van der Waals surface area contributed by atoms with Gasteiger partial charge in [-0.25, -0.2) is 0 Å². The van der Waals surface area contributed by atoms with E-state index in [0.29, 0.717) is 22.8 Å². The summed E-state index contributed by atoms with van der Waals surface area (Å²) in [5, 5.41) is 0.544. The number of carbonyl (C=O) groups excluding carboxylic acids is 1. The molecule has 0 aromatic heterocycles. The highest BCUT2D eigenvalue weighted by atomic mass is 35.5. The topological polar surface area (TPSA) is 35.5 Å². The molecule has 20 heavy (non-hydrogen) atoms. The van der Waals surface area contributed by atoms with E-state index in [1.807, 2.05) is 24.3 Å². The largest absolute Gasteiger partial charge is 0.497 e. The molecule has 3 nitrogen and oxygen atoms in total. The van der Waals surface area contributed by atoms with Crippen molar-refractivity contribution in [1.29, 1.82) is 0 Å². The SMILES string of the molecule is COc1ccc(CC(=O)c2ccc(Cl)cc2OC)cc1. The minimum absolute atomic E-state index is 0.0105. The van der Waals surface area contributed by atoms with Crippen LogP contribution in [0.2, 0.25) is 5.02 Å². The third-order valence-corrected chi connectivity index (χ3v) is 3.22. The molecule has 0 N–H and O–H groups in total. The fraction of sp³-hybridized carbons (Fsp3) is 0.188. The Labute approximate surface area is 123 Å². The monoisotopic (exact) mass is 290 g/mol. The number of methoxy groups -OCH3 is 2. The summed E-state index contributed by atoms with van der Waals surface area (Å²) in [7, 11) is 3.13. The van der Waals surface area contributed by atoms with E-state index in [1.54, 1.807) is 25.3 Å². The van der Waals surface area contributed by atoms with Gasteiger partial charge in [0, 0.05) is 11.4 Å². The average Bonchev–Trinajstić information content (AvgIpc) is 2.47. The van der Waals surface area contributed by atoms with Crippen LogP contribution >= 0.6 is 11.6 Å². The predicted octanol–water partition coefficient (Wildman–Crippen LogP) is 3.78. The molecule has 0 atom stereocenters. The van der Waals surface area contributed by atoms with Gasteiger partial charge in [0.15, 0.2) is 5.78 Å². The zero-order valence-electron chi connectivity index (χ0n) is 11.4. The van der Waals surface area contributed by atoms with E-state index >= 15 is 0 Å². The van der Waals surface area contributed by atoms with Gasteiger partial charge >= 0.3 is 0 Å². The number of ketones is 1. The van der Waals surface area contributed by atoms with Gasteiger partial charge in [-0.3, -0.25) is 4.79 Å². The smallest absolute Gasteiger partial charge is 0.170 e. The van der Waals surface area contributed by atoms with E-state index in [-0.39, 0.29) is 5.78 Å². The second kappa shape index (κ2) is 6.44. The third kappa shape index (κ3) is 3.31. The standard InChI is InChI=1S/C16H15ClO3/c1-19-13-6-3-11(4-7-13)9-15(18)14-8-5-12(17)10-16(14)20-2/h3-8,10H,9H2,1-2H3. The third-order valence-electron chi connectivity index (χ3n) is 2.99. The fourth-order valence-electron chi connectivity index (χ4n) is 1.92. The summed E-state index contributed by atoms with van der Waals surface area (Å²) in [6.07, 6.45) is 0.308. The van der Waals surface area contributed by atoms with Crippen molar-refractivity contribution in [3.8, 4) is 11.5 Å². The van der Waals surface area contributed by atoms with Crippen molar-refractivity contribution >= 4 is 17.4 Å². The first-order chi connectivity index (χ1) is 9.63. The van der Waals surface area contributed by atoms with Gasteiger partial charge in [0.1, 0.15) is 11.5 Å². The van der Waals surface area contributed by atoms with Gasteiger partial charge < -0.3 is 9.47 Å². The molecule has 4 heteroatoms. The molecule has 0 aliphatic carbocycles. The summed E-state index contributed by atoms with van der Waals surface area (Å²) < 4.78 is 10.3. The number of carbonyl (C=O) groups is 1. The summed E-state index contributed by atoms with van der Waals surface area (Å²) in [5.74, 6) is 1.25. The Hall–Kier alpha value is -2.00. The van der Waals surface area contributed by atoms with Crippen molar-refractivity contribution in [3.63, 3.8) is 0 Å².